The van der Waals surface area contributed by atoms with Gasteiger partial charge in [-0.05, 0) is 70.6 Å². The number of amides is 2. The van der Waals surface area contributed by atoms with Gasteiger partial charge in [0, 0.05) is 19.8 Å². The van der Waals surface area contributed by atoms with Crippen LogP contribution in [0.5, 0.6) is 0 Å². The summed E-state index contributed by atoms with van der Waals surface area (Å²) < 4.78 is 14.3. The molecule has 1 unspecified atom stereocenters. The number of carbonyl (C=O) groups excluding carboxylic acids is 2. The molecule has 0 bridgehead atoms. The highest BCUT2D eigenvalue weighted by Gasteiger charge is 2.34. The topological polar surface area (TPSA) is 49.4 Å². The van der Waals surface area contributed by atoms with Crippen LogP contribution in [0.15, 0.2) is 66.7 Å². The highest BCUT2D eigenvalue weighted by molar-refractivity contribution is 14.1. The van der Waals surface area contributed by atoms with Crippen molar-refractivity contribution in [2.75, 3.05) is 11.9 Å². The molecule has 29 heavy (non-hydrogen) atoms. The molecule has 1 aliphatic heterocycles. The Bertz CT molecular complexity index is 1100. The molecule has 0 aliphatic carbocycles. The van der Waals surface area contributed by atoms with Crippen LogP contribution in [0.3, 0.4) is 0 Å². The third-order valence-corrected chi connectivity index (χ3v) is 5.93. The Morgan fingerprint density at radius 2 is 1.83 bits per heavy atom. The van der Waals surface area contributed by atoms with Crippen molar-refractivity contribution >= 4 is 51.7 Å². The van der Waals surface area contributed by atoms with Crippen molar-refractivity contribution in [3.8, 4) is 0 Å². The minimum Gasteiger partial charge on any atom is -0.324 e. The molecule has 7 heteroatoms. The van der Waals surface area contributed by atoms with E-state index < -0.39 is 6.04 Å². The second-order valence-corrected chi connectivity index (χ2v) is 8.25. The lowest BCUT2D eigenvalue weighted by Crippen LogP contribution is -2.39. The van der Waals surface area contributed by atoms with E-state index in [1.54, 1.807) is 42.5 Å². The van der Waals surface area contributed by atoms with E-state index in [1.807, 2.05) is 12.1 Å². The fourth-order valence-corrected chi connectivity index (χ4v) is 4.26. The summed E-state index contributed by atoms with van der Waals surface area (Å²) in [4.78, 5) is 27.6. The molecule has 0 spiro atoms. The zero-order valence-corrected chi connectivity index (χ0v) is 17.9. The van der Waals surface area contributed by atoms with Crippen LogP contribution in [0.2, 0.25) is 5.02 Å². The highest BCUT2D eigenvalue weighted by atomic mass is 127. The van der Waals surface area contributed by atoms with Gasteiger partial charge in [0.15, 0.2) is 0 Å². The first kappa shape index (κ1) is 19.8. The Morgan fingerprint density at radius 1 is 1.10 bits per heavy atom. The predicted octanol–water partition coefficient (Wildman–Crippen LogP) is 5.27. The summed E-state index contributed by atoms with van der Waals surface area (Å²) in [5, 5.41) is 3.32. The fraction of sp³-hybridized carbons (Fsp3) is 0.0909. The van der Waals surface area contributed by atoms with E-state index in [1.165, 1.54) is 17.0 Å². The number of hydrogen-bond acceptors (Lipinski definition) is 2. The molecular weight excluding hydrogens is 506 g/mol. The molecule has 1 atom stereocenters. The van der Waals surface area contributed by atoms with Gasteiger partial charge in [0.1, 0.15) is 12.4 Å². The molecule has 0 saturated heterocycles. The summed E-state index contributed by atoms with van der Waals surface area (Å²) in [6, 6.07) is 17.6. The van der Waals surface area contributed by atoms with E-state index in [-0.39, 0.29) is 24.2 Å². The van der Waals surface area contributed by atoms with E-state index in [9.17, 15) is 14.0 Å². The van der Waals surface area contributed by atoms with Crippen molar-refractivity contribution in [2.45, 2.75) is 6.04 Å². The van der Waals surface area contributed by atoms with E-state index in [2.05, 4.69) is 27.9 Å². The number of fused-ring (bicyclic) bond motifs is 1. The number of rotatable bonds is 2. The summed E-state index contributed by atoms with van der Waals surface area (Å²) >= 11 is 8.34. The van der Waals surface area contributed by atoms with Crippen molar-refractivity contribution in [1.29, 1.82) is 0 Å². The molecule has 3 aromatic rings. The largest absolute Gasteiger partial charge is 0.324 e. The first-order valence-electron chi connectivity index (χ1n) is 8.84. The van der Waals surface area contributed by atoms with Gasteiger partial charge >= 0.3 is 0 Å². The van der Waals surface area contributed by atoms with Crippen LogP contribution in [-0.2, 0) is 4.79 Å². The SMILES string of the molecule is O=C1CN(C(=O)c2ccccc2I)C(c2ccc(F)cc2)c2cc(Cl)ccc2N1. The quantitative estimate of drug-likeness (QED) is 0.468. The molecule has 0 saturated carbocycles. The summed E-state index contributed by atoms with van der Waals surface area (Å²) in [7, 11) is 0. The highest BCUT2D eigenvalue weighted by Crippen LogP contribution is 2.38. The average molecular weight is 521 g/mol. The summed E-state index contributed by atoms with van der Waals surface area (Å²) in [5.74, 6) is -0.969. The molecule has 0 radical (unpaired) electrons. The van der Waals surface area contributed by atoms with Gasteiger partial charge in [-0.15, -0.1) is 0 Å². The summed E-state index contributed by atoms with van der Waals surface area (Å²) in [6.45, 7) is -0.141. The second kappa shape index (κ2) is 8.12. The van der Waals surface area contributed by atoms with Crippen LogP contribution in [-0.4, -0.2) is 23.3 Å². The predicted molar refractivity (Wildman–Crippen MR) is 119 cm³/mol. The summed E-state index contributed by atoms with van der Waals surface area (Å²) in [5.41, 5.74) is 2.44. The zero-order valence-electron chi connectivity index (χ0n) is 15.0. The molecule has 0 aromatic heterocycles. The van der Waals surface area contributed by atoms with E-state index in [4.69, 9.17) is 11.6 Å². The number of nitrogens with one attached hydrogen (secondary N) is 1. The van der Waals surface area contributed by atoms with E-state index in [0.717, 1.165) is 3.57 Å². The average Bonchev–Trinajstić information content (AvgIpc) is 2.84. The van der Waals surface area contributed by atoms with Gasteiger partial charge in [-0.25, -0.2) is 4.39 Å². The maximum atomic E-state index is 13.6. The maximum Gasteiger partial charge on any atom is 0.256 e. The lowest BCUT2D eigenvalue weighted by Gasteiger charge is -2.31. The van der Waals surface area contributed by atoms with Crippen molar-refractivity contribution in [1.82, 2.24) is 4.90 Å². The monoisotopic (exact) mass is 520 g/mol. The zero-order chi connectivity index (χ0) is 20.5. The molecule has 1 heterocycles. The molecule has 146 valence electrons. The van der Waals surface area contributed by atoms with Crippen LogP contribution in [0, 0.1) is 9.39 Å². The molecule has 4 rings (SSSR count). The van der Waals surface area contributed by atoms with Gasteiger partial charge in [-0.3, -0.25) is 9.59 Å². The Hall–Kier alpha value is -2.45. The number of anilines is 1. The number of nitrogens with zero attached hydrogens (tertiary/aromatic N) is 1. The molecular formula is C22H15ClFIN2O2. The molecule has 4 nitrogen and oxygen atoms in total. The van der Waals surface area contributed by atoms with Crippen LogP contribution >= 0.6 is 34.2 Å². The van der Waals surface area contributed by atoms with Gasteiger partial charge in [0.2, 0.25) is 5.91 Å². The standard InChI is InChI=1S/C22H15ClFIN2O2/c23-14-7-10-19-17(11-14)21(13-5-8-15(24)9-6-13)27(12-20(28)26-19)22(29)16-3-1-2-4-18(16)25/h1-11,21H,12H2,(H,26,28). The van der Waals surface area contributed by atoms with Crippen molar-refractivity contribution < 1.29 is 14.0 Å². The molecule has 1 N–H and O–H groups in total. The van der Waals surface area contributed by atoms with Crippen LogP contribution in [0.4, 0.5) is 10.1 Å². The summed E-state index contributed by atoms with van der Waals surface area (Å²) in [6.07, 6.45) is 0. The Kier molecular flexibility index (Phi) is 5.56. The molecule has 0 fully saturated rings. The minimum atomic E-state index is -0.605. The van der Waals surface area contributed by atoms with E-state index >= 15 is 0 Å². The number of hydrogen-bond donors (Lipinski definition) is 1. The van der Waals surface area contributed by atoms with Crippen LogP contribution < -0.4 is 5.32 Å². The Labute approximate surface area is 185 Å². The lowest BCUT2D eigenvalue weighted by molar-refractivity contribution is -0.117. The number of carbonyl (C=O) groups is 2. The van der Waals surface area contributed by atoms with Gasteiger partial charge in [0.25, 0.3) is 5.91 Å². The first-order chi connectivity index (χ1) is 13.9. The second-order valence-electron chi connectivity index (χ2n) is 6.65. The Balaban J connectivity index is 1.91. The van der Waals surface area contributed by atoms with Crippen LogP contribution in [0.1, 0.15) is 27.5 Å². The van der Waals surface area contributed by atoms with Gasteiger partial charge in [0.05, 0.1) is 11.6 Å². The third kappa shape index (κ3) is 4.00. The van der Waals surface area contributed by atoms with Crippen molar-refractivity contribution in [2.24, 2.45) is 0 Å². The van der Waals surface area contributed by atoms with Gasteiger partial charge in [-0.2, -0.15) is 0 Å². The smallest absolute Gasteiger partial charge is 0.256 e. The molecule has 3 aromatic carbocycles. The van der Waals surface area contributed by atoms with E-state index in [0.29, 0.717) is 27.4 Å². The number of halogens is 3. The normalized spacial score (nSPS) is 16.0. The van der Waals surface area contributed by atoms with Crippen molar-refractivity contribution in [3.63, 3.8) is 0 Å². The first-order valence-corrected chi connectivity index (χ1v) is 10.3. The molecule has 1 aliphatic rings. The van der Waals surface area contributed by atoms with Crippen LogP contribution in [0.25, 0.3) is 0 Å². The minimum absolute atomic E-state index is 0.141. The molecule has 2 amide bonds. The maximum absolute atomic E-state index is 13.6. The van der Waals surface area contributed by atoms with Gasteiger partial charge in [-0.1, -0.05) is 35.9 Å². The van der Waals surface area contributed by atoms with Crippen molar-refractivity contribution in [3.05, 3.63) is 97.8 Å². The fourth-order valence-electron chi connectivity index (χ4n) is 3.46. The lowest BCUT2D eigenvalue weighted by atomic mass is 9.95. The van der Waals surface area contributed by atoms with Gasteiger partial charge < -0.3 is 10.2 Å². The number of benzene rings is 3. The Morgan fingerprint density at radius 3 is 2.55 bits per heavy atom. The third-order valence-electron chi connectivity index (χ3n) is 4.76.